The van der Waals surface area contributed by atoms with Crippen LogP contribution in [0.4, 0.5) is 0 Å². The van der Waals surface area contributed by atoms with Gasteiger partial charge in [0.1, 0.15) is 0 Å². The van der Waals surface area contributed by atoms with Crippen molar-refractivity contribution in [1.29, 1.82) is 0 Å². The van der Waals surface area contributed by atoms with Crippen molar-refractivity contribution in [2.45, 2.75) is 49.4 Å². The van der Waals surface area contributed by atoms with Gasteiger partial charge >= 0.3 is 0 Å². The fraction of sp³-hybridized carbons (Fsp3) is 0.200. The fourth-order valence-corrected chi connectivity index (χ4v) is 9.52. The van der Waals surface area contributed by atoms with E-state index < -0.39 is 0 Å². The number of aromatic amines is 2. The van der Waals surface area contributed by atoms with Crippen LogP contribution in [0.5, 0.6) is 0 Å². The lowest BCUT2D eigenvalue weighted by molar-refractivity contribution is 0.580. The maximum atomic E-state index is 5.35. The van der Waals surface area contributed by atoms with E-state index in [4.69, 9.17) is 9.97 Å². The molecule has 0 radical (unpaired) electrons. The zero-order valence-corrected chi connectivity index (χ0v) is 24.3. The van der Waals surface area contributed by atoms with Crippen LogP contribution in [0.3, 0.4) is 0 Å². The topological polar surface area (TPSA) is 57.4 Å². The molecule has 4 heteroatoms. The number of allylic oxidation sites excluding steroid dienone is 4. The molecule has 13 rings (SSSR count). The summed E-state index contributed by atoms with van der Waals surface area (Å²) < 4.78 is 0. The summed E-state index contributed by atoms with van der Waals surface area (Å²) in [6.45, 7) is 0. The molecule has 8 aliphatic rings. The largest absolute Gasteiger partial charge is 0.355 e. The van der Waals surface area contributed by atoms with Crippen LogP contribution in [0, 0.1) is 0 Å². The van der Waals surface area contributed by atoms with E-state index in [9.17, 15) is 0 Å². The summed E-state index contributed by atoms with van der Waals surface area (Å²) in [5.41, 5.74) is 20.5. The highest BCUT2D eigenvalue weighted by Crippen LogP contribution is 2.61. The molecule has 0 fully saturated rings. The maximum Gasteiger partial charge on any atom is 0.0699 e. The maximum absolute atomic E-state index is 5.35. The molecule has 0 saturated heterocycles. The second kappa shape index (κ2) is 8.35. The van der Waals surface area contributed by atoms with Crippen LogP contribution in [0.25, 0.3) is 44.4 Å². The first-order chi connectivity index (χ1) is 21.8. The number of hydrogen-bond donors (Lipinski definition) is 2. The highest BCUT2D eigenvalue weighted by Gasteiger charge is 2.44. The Bertz CT molecular complexity index is 2010. The van der Waals surface area contributed by atoms with E-state index in [0.717, 1.165) is 44.8 Å². The first-order valence-electron chi connectivity index (χ1n) is 16.1. The van der Waals surface area contributed by atoms with Crippen molar-refractivity contribution in [3.63, 3.8) is 0 Å². The number of benzene rings is 2. The second-order valence-electron chi connectivity index (χ2n) is 13.4. The highest BCUT2D eigenvalue weighted by atomic mass is 14.8. The smallest absolute Gasteiger partial charge is 0.0699 e. The summed E-state index contributed by atoms with van der Waals surface area (Å²) >= 11 is 0. The minimum absolute atomic E-state index is 0.402. The van der Waals surface area contributed by atoms with Crippen LogP contribution in [0.1, 0.15) is 94.4 Å². The Morgan fingerprint density at radius 2 is 0.659 bits per heavy atom. The van der Waals surface area contributed by atoms with Crippen LogP contribution < -0.4 is 0 Å². The normalized spacial score (nSPS) is 23.8. The van der Waals surface area contributed by atoms with Gasteiger partial charge in [-0.3, -0.25) is 0 Å². The molecule has 6 aliphatic carbocycles. The number of nitrogens with one attached hydrogen (secondary N) is 2. The Labute approximate surface area is 255 Å². The van der Waals surface area contributed by atoms with Gasteiger partial charge in [-0.2, -0.15) is 0 Å². The van der Waals surface area contributed by atoms with Gasteiger partial charge < -0.3 is 9.97 Å². The minimum Gasteiger partial charge on any atom is -0.355 e. The lowest BCUT2D eigenvalue weighted by Gasteiger charge is -2.39. The van der Waals surface area contributed by atoms with E-state index in [1.807, 2.05) is 0 Å². The molecule has 2 N–H and O–H groups in total. The van der Waals surface area contributed by atoms with E-state index in [0.29, 0.717) is 23.7 Å². The van der Waals surface area contributed by atoms with E-state index in [-0.39, 0.29) is 0 Å². The van der Waals surface area contributed by atoms with Gasteiger partial charge in [-0.1, -0.05) is 48.5 Å². The zero-order valence-electron chi connectivity index (χ0n) is 24.3. The van der Waals surface area contributed by atoms with Crippen LogP contribution in [-0.2, 0) is 0 Å². The quantitative estimate of drug-likeness (QED) is 0.196. The molecular weight excluding hydrogens is 536 g/mol. The first-order valence-corrected chi connectivity index (χ1v) is 16.1. The molecule has 2 aliphatic heterocycles. The summed E-state index contributed by atoms with van der Waals surface area (Å²) in [6, 6.07) is 36.0. The molecular formula is C40H30N4. The van der Waals surface area contributed by atoms with Crippen LogP contribution in [0.2, 0.25) is 0 Å². The van der Waals surface area contributed by atoms with Crippen molar-refractivity contribution in [2.75, 3.05) is 0 Å². The summed E-state index contributed by atoms with van der Waals surface area (Å²) in [7, 11) is 0. The SMILES string of the molecule is c1ccc2c(c1)C1CCC2C2=C1c1cc3ccc(cc4nc(cc5ccc(cc2n1)[nH]5)C1=C4C2CCC1c1ccccc12)[nH]3. The van der Waals surface area contributed by atoms with Crippen molar-refractivity contribution < 1.29 is 0 Å². The fourth-order valence-electron chi connectivity index (χ4n) is 9.52. The Morgan fingerprint density at radius 1 is 0.386 bits per heavy atom. The third kappa shape index (κ3) is 3.08. The predicted molar refractivity (Wildman–Crippen MR) is 177 cm³/mol. The molecule has 44 heavy (non-hydrogen) atoms. The summed E-state index contributed by atoms with van der Waals surface area (Å²) in [4.78, 5) is 18.1. The third-order valence-electron chi connectivity index (χ3n) is 11.2. The van der Waals surface area contributed by atoms with E-state index in [1.54, 1.807) is 0 Å². The lowest BCUT2D eigenvalue weighted by Crippen LogP contribution is -2.22. The van der Waals surface area contributed by atoms with Gasteiger partial charge in [0.25, 0.3) is 0 Å². The highest BCUT2D eigenvalue weighted by molar-refractivity contribution is 6.02. The molecule has 4 nitrogen and oxygen atoms in total. The van der Waals surface area contributed by atoms with Gasteiger partial charge in [-0.05, 0) is 119 Å². The van der Waals surface area contributed by atoms with E-state index >= 15 is 0 Å². The van der Waals surface area contributed by atoms with Gasteiger partial charge in [0.15, 0.2) is 0 Å². The van der Waals surface area contributed by atoms with Gasteiger partial charge in [0, 0.05) is 45.7 Å². The molecule has 4 atom stereocenters. The Kier molecular flexibility index (Phi) is 4.46. The van der Waals surface area contributed by atoms with Crippen molar-refractivity contribution in [2.24, 2.45) is 0 Å². The Hall–Kier alpha value is -4.96. The Morgan fingerprint density at radius 3 is 0.932 bits per heavy atom. The Balaban J connectivity index is 1.17. The monoisotopic (exact) mass is 566 g/mol. The van der Waals surface area contributed by atoms with Crippen molar-refractivity contribution in [3.8, 4) is 0 Å². The van der Waals surface area contributed by atoms with Crippen LogP contribution in [0.15, 0.2) is 97.1 Å². The molecule has 0 amide bonds. The number of H-pyrrole nitrogens is 2. The molecule has 0 saturated carbocycles. The van der Waals surface area contributed by atoms with Crippen LogP contribution >= 0.6 is 0 Å². The van der Waals surface area contributed by atoms with Crippen molar-refractivity contribution in [1.82, 2.24) is 19.9 Å². The number of fused-ring (bicyclic) bond motifs is 10. The van der Waals surface area contributed by atoms with Crippen LogP contribution in [-0.4, -0.2) is 19.9 Å². The number of nitrogens with zero attached hydrogens (tertiary/aromatic N) is 2. The second-order valence-corrected chi connectivity index (χ2v) is 13.4. The minimum atomic E-state index is 0.402. The van der Waals surface area contributed by atoms with Gasteiger partial charge in [-0.25, -0.2) is 9.97 Å². The zero-order chi connectivity index (χ0) is 28.5. The molecule has 12 bridgehead atoms. The standard InChI is InChI=1S/C40H30N4/c1-2-6-26-25(5-1)29-13-14-30(26)38-34-18-22-11-12-24(42-22)20-36-40-32-16-15-31(27-7-3-4-8-28(27)32)39(40)35(44-36)19-23-10-9-21(41-23)17-33(43-34)37(29)38/h1-12,17-20,29-32,41-42H,13-16H2. The van der Waals surface area contributed by atoms with Crippen molar-refractivity contribution >= 4 is 44.4 Å². The summed E-state index contributed by atoms with van der Waals surface area (Å²) in [5, 5.41) is 0. The molecule has 210 valence electrons. The number of aromatic nitrogens is 4. The van der Waals surface area contributed by atoms with Gasteiger partial charge in [0.05, 0.1) is 22.8 Å². The number of rotatable bonds is 0. The average molecular weight is 567 g/mol. The summed E-state index contributed by atoms with van der Waals surface area (Å²) in [5.74, 6) is 1.61. The van der Waals surface area contributed by atoms with E-state index in [2.05, 4.69) is 107 Å². The van der Waals surface area contributed by atoms with Gasteiger partial charge in [-0.15, -0.1) is 0 Å². The lowest BCUT2D eigenvalue weighted by atomic mass is 9.63. The molecule has 2 aromatic carbocycles. The van der Waals surface area contributed by atoms with Gasteiger partial charge in [0.2, 0.25) is 0 Å². The molecule has 4 unspecified atom stereocenters. The predicted octanol–water partition coefficient (Wildman–Crippen LogP) is 9.49. The van der Waals surface area contributed by atoms with Crippen molar-refractivity contribution in [3.05, 3.63) is 142 Å². The number of hydrogen-bond acceptors (Lipinski definition) is 2. The average Bonchev–Trinajstić information content (AvgIpc) is 3.86. The third-order valence-corrected chi connectivity index (χ3v) is 11.2. The molecule has 5 heterocycles. The first kappa shape index (κ1) is 23.5. The molecule has 0 spiro atoms. The summed E-state index contributed by atoms with van der Waals surface area (Å²) in [6.07, 6.45) is 4.75. The van der Waals surface area contributed by atoms with E-state index in [1.165, 1.54) is 70.2 Å². The molecule has 3 aromatic heterocycles. The molecule has 5 aromatic rings.